The number of anilines is 1. The molecule has 26 heavy (non-hydrogen) atoms. The molecule has 0 unspecified atom stereocenters. The Bertz CT molecular complexity index is 818. The Morgan fingerprint density at radius 2 is 1.88 bits per heavy atom. The van der Waals surface area contributed by atoms with Crippen molar-refractivity contribution < 1.29 is 4.42 Å². The molecule has 0 saturated carbocycles. The van der Waals surface area contributed by atoms with Gasteiger partial charge in [0.1, 0.15) is 17.4 Å². The van der Waals surface area contributed by atoms with Gasteiger partial charge in [-0.05, 0) is 51.3 Å². The van der Waals surface area contributed by atoms with Crippen molar-refractivity contribution in [2.45, 2.75) is 19.5 Å². The molecule has 0 saturated heterocycles. The Morgan fingerprint density at radius 3 is 2.65 bits per heavy atom. The minimum atomic E-state index is 0.670. The van der Waals surface area contributed by atoms with Crippen LogP contribution in [-0.2, 0) is 13.1 Å². The van der Waals surface area contributed by atoms with E-state index in [4.69, 9.17) is 14.4 Å². The standard InChI is InChI=1S/C20H27N5O/c1-21-11-7-12-25(3)20-17-9-4-5-10-18(17)22-19(23-20)15-24(2)14-16-8-6-13-26-16/h4-6,8-10,13,21H,7,11-12,14-15H2,1-3H3. The summed E-state index contributed by atoms with van der Waals surface area (Å²) in [6.07, 6.45) is 2.77. The lowest BCUT2D eigenvalue weighted by Crippen LogP contribution is -2.25. The average molecular weight is 353 g/mol. The third-order valence-electron chi connectivity index (χ3n) is 4.33. The number of aromatic nitrogens is 2. The molecule has 2 aromatic heterocycles. The summed E-state index contributed by atoms with van der Waals surface area (Å²) in [5.74, 6) is 2.76. The summed E-state index contributed by atoms with van der Waals surface area (Å²) < 4.78 is 5.43. The first-order valence-electron chi connectivity index (χ1n) is 8.99. The van der Waals surface area contributed by atoms with E-state index in [0.29, 0.717) is 6.54 Å². The third kappa shape index (κ3) is 4.59. The maximum atomic E-state index is 5.43. The van der Waals surface area contributed by atoms with Gasteiger partial charge in [-0.2, -0.15) is 0 Å². The van der Waals surface area contributed by atoms with Crippen LogP contribution in [0.4, 0.5) is 5.82 Å². The molecule has 3 aromatic rings. The van der Waals surface area contributed by atoms with Gasteiger partial charge in [-0.25, -0.2) is 9.97 Å². The lowest BCUT2D eigenvalue weighted by Gasteiger charge is -2.21. The predicted octanol–water partition coefficient (Wildman–Crippen LogP) is 2.90. The van der Waals surface area contributed by atoms with E-state index in [1.54, 1.807) is 6.26 Å². The molecule has 1 N–H and O–H groups in total. The average Bonchev–Trinajstić information content (AvgIpc) is 3.14. The highest BCUT2D eigenvalue weighted by Gasteiger charge is 2.13. The summed E-state index contributed by atoms with van der Waals surface area (Å²) >= 11 is 0. The minimum absolute atomic E-state index is 0.670. The summed E-state index contributed by atoms with van der Waals surface area (Å²) in [5, 5.41) is 4.29. The highest BCUT2D eigenvalue weighted by Crippen LogP contribution is 2.23. The predicted molar refractivity (Wildman–Crippen MR) is 105 cm³/mol. The van der Waals surface area contributed by atoms with Crippen molar-refractivity contribution in [3.05, 3.63) is 54.2 Å². The summed E-state index contributed by atoms with van der Waals surface area (Å²) in [4.78, 5) is 14.0. The number of para-hydroxylation sites is 1. The Labute approximate surface area is 154 Å². The van der Waals surface area contributed by atoms with Gasteiger partial charge < -0.3 is 14.6 Å². The van der Waals surface area contributed by atoms with Gasteiger partial charge in [0.25, 0.3) is 0 Å². The molecule has 1 aromatic carbocycles. The van der Waals surface area contributed by atoms with E-state index in [-0.39, 0.29) is 0 Å². The Balaban J connectivity index is 1.81. The normalized spacial score (nSPS) is 11.4. The zero-order valence-corrected chi connectivity index (χ0v) is 15.8. The first-order valence-corrected chi connectivity index (χ1v) is 8.99. The lowest BCUT2D eigenvalue weighted by molar-refractivity contribution is 0.281. The fourth-order valence-corrected chi connectivity index (χ4v) is 3.03. The van der Waals surface area contributed by atoms with E-state index in [1.807, 2.05) is 31.3 Å². The lowest BCUT2D eigenvalue weighted by atomic mass is 10.2. The summed E-state index contributed by atoms with van der Waals surface area (Å²) in [7, 11) is 6.13. The molecule has 0 radical (unpaired) electrons. The SMILES string of the molecule is CNCCCN(C)c1nc(CN(C)Cc2ccco2)nc2ccccc12. The zero-order valence-electron chi connectivity index (χ0n) is 15.8. The van der Waals surface area contributed by atoms with Gasteiger partial charge in [-0.1, -0.05) is 12.1 Å². The minimum Gasteiger partial charge on any atom is -0.468 e. The van der Waals surface area contributed by atoms with Crippen LogP contribution in [0.5, 0.6) is 0 Å². The number of hydrogen-bond donors (Lipinski definition) is 1. The van der Waals surface area contributed by atoms with Crippen molar-refractivity contribution in [1.29, 1.82) is 0 Å². The van der Waals surface area contributed by atoms with Crippen LogP contribution in [0.1, 0.15) is 18.0 Å². The van der Waals surface area contributed by atoms with Gasteiger partial charge in [-0.15, -0.1) is 0 Å². The number of nitrogens with one attached hydrogen (secondary N) is 1. The summed E-state index contributed by atoms with van der Waals surface area (Å²) in [5.41, 5.74) is 0.986. The third-order valence-corrected chi connectivity index (χ3v) is 4.33. The maximum Gasteiger partial charge on any atom is 0.145 e. The molecule has 3 rings (SSSR count). The van der Waals surface area contributed by atoms with E-state index < -0.39 is 0 Å². The number of furan rings is 1. The second-order valence-corrected chi connectivity index (χ2v) is 6.61. The monoisotopic (exact) mass is 353 g/mol. The highest BCUT2D eigenvalue weighted by molar-refractivity contribution is 5.89. The smallest absolute Gasteiger partial charge is 0.145 e. The van der Waals surface area contributed by atoms with Crippen molar-refractivity contribution in [3.8, 4) is 0 Å². The van der Waals surface area contributed by atoms with Gasteiger partial charge >= 0.3 is 0 Å². The van der Waals surface area contributed by atoms with E-state index in [9.17, 15) is 0 Å². The van der Waals surface area contributed by atoms with Crippen molar-refractivity contribution in [2.24, 2.45) is 0 Å². The quantitative estimate of drug-likeness (QED) is 0.597. The molecule has 0 aliphatic rings. The molecule has 0 amide bonds. The molecule has 0 aliphatic heterocycles. The van der Waals surface area contributed by atoms with Gasteiger partial charge in [-0.3, -0.25) is 4.90 Å². The topological polar surface area (TPSA) is 57.4 Å². The molecule has 0 atom stereocenters. The number of hydrogen-bond acceptors (Lipinski definition) is 6. The van der Waals surface area contributed by atoms with Crippen LogP contribution in [0.15, 0.2) is 47.1 Å². The molecule has 0 spiro atoms. The molecule has 6 heteroatoms. The van der Waals surface area contributed by atoms with Gasteiger partial charge in [0.2, 0.25) is 0 Å². The van der Waals surface area contributed by atoms with E-state index in [2.05, 4.69) is 41.3 Å². The fraction of sp³-hybridized carbons (Fsp3) is 0.400. The van der Waals surface area contributed by atoms with Crippen molar-refractivity contribution >= 4 is 16.7 Å². The van der Waals surface area contributed by atoms with E-state index in [0.717, 1.165) is 54.4 Å². The highest BCUT2D eigenvalue weighted by atomic mass is 16.3. The number of rotatable bonds is 9. The van der Waals surface area contributed by atoms with Crippen molar-refractivity contribution in [3.63, 3.8) is 0 Å². The van der Waals surface area contributed by atoms with Gasteiger partial charge in [0.15, 0.2) is 0 Å². The molecule has 0 fully saturated rings. The van der Waals surface area contributed by atoms with Crippen LogP contribution in [-0.4, -0.2) is 49.1 Å². The summed E-state index contributed by atoms with van der Waals surface area (Å²) in [6.45, 7) is 3.34. The molecule has 2 heterocycles. The first kappa shape index (κ1) is 18.4. The molecular formula is C20H27N5O. The molecule has 0 bridgehead atoms. The van der Waals surface area contributed by atoms with E-state index in [1.165, 1.54) is 0 Å². The Hall–Kier alpha value is -2.44. The second-order valence-electron chi connectivity index (χ2n) is 6.61. The zero-order chi connectivity index (χ0) is 18.4. The largest absolute Gasteiger partial charge is 0.468 e. The van der Waals surface area contributed by atoms with E-state index >= 15 is 0 Å². The van der Waals surface area contributed by atoms with Crippen LogP contribution in [0.25, 0.3) is 10.9 Å². The van der Waals surface area contributed by atoms with Crippen molar-refractivity contribution in [1.82, 2.24) is 20.2 Å². The molecular weight excluding hydrogens is 326 g/mol. The molecule has 6 nitrogen and oxygen atoms in total. The van der Waals surface area contributed by atoms with Crippen molar-refractivity contribution in [2.75, 3.05) is 39.1 Å². The summed E-state index contributed by atoms with van der Waals surface area (Å²) in [6, 6.07) is 12.1. The number of benzene rings is 1. The maximum absolute atomic E-state index is 5.43. The molecule has 0 aliphatic carbocycles. The van der Waals surface area contributed by atoms with Crippen LogP contribution < -0.4 is 10.2 Å². The first-order chi connectivity index (χ1) is 12.7. The van der Waals surface area contributed by atoms with Crippen LogP contribution in [0, 0.1) is 0 Å². The number of nitrogens with zero attached hydrogens (tertiary/aromatic N) is 4. The van der Waals surface area contributed by atoms with Crippen LogP contribution in [0.2, 0.25) is 0 Å². The van der Waals surface area contributed by atoms with Crippen LogP contribution in [0.3, 0.4) is 0 Å². The fourth-order valence-electron chi connectivity index (χ4n) is 3.03. The second kappa shape index (κ2) is 8.78. The Kier molecular flexibility index (Phi) is 6.20. The molecule has 138 valence electrons. The van der Waals surface area contributed by atoms with Gasteiger partial charge in [0.05, 0.1) is 24.9 Å². The Morgan fingerprint density at radius 1 is 1.04 bits per heavy atom. The van der Waals surface area contributed by atoms with Crippen LogP contribution >= 0.6 is 0 Å². The van der Waals surface area contributed by atoms with Gasteiger partial charge in [0, 0.05) is 19.0 Å². The number of fused-ring (bicyclic) bond motifs is 1.